The van der Waals surface area contributed by atoms with Crippen molar-refractivity contribution in [3.05, 3.63) is 0 Å². The first kappa shape index (κ1) is 15.3. The molecule has 0 aromatic carbocycles. The van der Waals surface area contributed by atoms with Crippen molar-refractivity contribution in [2.24, 2.45) is 0 Å². The molecule has 1 amide bonds. The van der Waals surface area contributed by atoms with Crippen molar-refractivity contribution in [2.45, 2.75) is 0 Å². The van der Waals surface area contributed by atoms with Crippen LogP contribution in [0, 0.1) is 0 Å². The fraction of sp³-hybridized carbons (Fsp3) is 0.900. The number of hydrogen-bond acceptors (Lipinski definition) is 5. The van der Waals surface area contributed by atoms with Gasteiger partial charge in [-0.2, -0.15) is 0 Å². The third kappa shape index (κ3) is 11.4. The highest BCUT2D eigenvalue weighted by molar-refractivity contribution is 5.76. The van der Waals surface area contributed by atoms with Crippen molar-refractivity contribution in [3.8, 4) is 0 Å². The highest BCUT2D eigenvalue weighted by Crippen LogP contribution is 1.81. The van der Waals surface area contributed by atoms with Crippen LogP contribution < -0.4 is 5.32 Å². The summed E-state index contributed by atoms with van der Waals surface area (Å²) in [4.78, 5) is 10.7. The molecular formula is C10H21NO5. The van der Waals surface area contributed by atoms with E-state index in [0.717, 1.165) is 0 Å². The lowest BCUT2D eigenvalue weighted by atomic mass is 10.6. The minimum absolute atomic E-state index is 0.0736. The largest absolute Gasteiger partial charge is 0.382 e. The van der Waals surface area contributed by atoms with E-state index in [0.29, 0.717) is 39.6 Å². The molecule has 0 aromatic rings. The molecule has 0 saturated heterocycles. The number of rotatable bonds is 11. The number of methoxy groups -OCH3 is 1. The quantitative estimate of drug-likeness (QED) is 0.486. The zero-order valence-corrected chi connectivity index (χ0v) is 9.99. The highest BCUT2D eigenvalue weighted by atomic mass is 16.6. The van der Waals surface area contributed by atoms with Gasteiger partial charge in [0.2, 0.25) is 5.91 Å². The summed E-state index contributed by atoms with van der Waals surface area (Å²) in [5, 5.41) is 2.46. The summed E-state index contributed by atoms with van der Waals surface area (Å²) in [7, 11) is 3.20. The Morgan fingerprint density at radius 2 is 1.44 bits per heavy atom. The standard InChI is InChI=1S/C10H21NO5/c1-11-10(12)9-16-8-7-15-6-5-14-4-3-13-2/h3-9H2,1-2H3,(H,11,12). The molecule has 0 unspecified atom stereocenters. The number of carbonyl (C=O) groups excluding carboxylic acids is 1. The Bertz CT molecular complexity index is 165. The molecule has 0 aliphatic heterocycles. The second-order valence-electron chi connectivity index (χ2n) is 2.94. The van der Waals surface area contributed by atoms with E-state index in [1.807, 2.05) is 0 Å². The van der Waals surface area contributed by atoms with Crippen LogP contribution in [0.1, 0.15) is 0 Å². The number of likely N-dealkylation sites (N-methyl/N-ethyl adjacent to an activating group) is 1. The lowest BCUT2D eigenvalue weighted by Gasteiger charge is -2.06. The number of hydrogen-bond donors (Lipinski definition) is 1. The SMILES string of the molecule is CNC(=O)COCCOCCOCCOC. The molecule has 0 radical (unpaired) electrons. The van der Waals surface area contributed by atoms with Gasteiger partial charge in [0.1, 0.15) is 6.61 Å². The second-order valence-corrected chi connectivity index (χ2v) is 2.94. The molecule has 96 valence electrons. The van der Waals surface area contributed by atoms with Gasteiger partial charge in [0.05, 0.1) is 39.6 Å². The van der Waals surface area contributed by atoms with Crippen molar-refractivity contribution in [2.75, 3.05) is 60.4 Å². The zero-order valence-electron chi connectivity index (χ0n) is 9.99. The van der Waals surface area contributed by atoms with Crippen LogP contribution in [0.25, 0.3) is 0 Å². The number of ether oxygens (including phenoxy) is 4. The van der Waals surface area contributed by atoms with Gasteiger partial charge in [-0.05, 0) is 0 Å². The molecule has 0 aliphatic rings. The van der Waals surface area contributed by atoms with Crippen molar-refractivity contribution in [3.63, 3.8) is 0 Å². The Kier molecular flexibility index (Phi) is 11.8. The predicted molar refractivity (Wildman–Crippen MR) is 58.4 cm³/mol. The molecule has 0 aromatic heterocycles. The molecular weight excluding hydrogens is 214 g/mol. The Labute approximate surface area is 96.2 Å². The number of carbonyl (C=O) groups is 1. The molecule has 0 spiro atoms. The highest BCUT2D eigenvalue weighted by Gasteiger charge is 1.96. The first-order valence-corrected chi connectivity index (χ1v) is 5.24. The first-order valence-electron chi connectivity index (χ1n) is 5.24. The van der Waals surface area contributed by atoms with E-state index < -0.39 is 0 Å². The van der Waals surface area contributed by atoms with E-state index >= 15 is 0 Å². The molecule has 0 fully saturated rings. The van der Waals surface area contributed by atoms with Gasteiger partial charge in [0, 0.05) is 14.2 Å². The number of nitrogens with one attached hydrogen (secondary N) is 1. The van der Waals surface area contributed by atoms with Crippen molar-refractivity contribution in [1.82, 2.24) is 5.32 Å². The van der Waals surface area contributed by atoms with Gasteiger partial charge in [0.25, 0.3) is 0 Å². The van der Waals surface area contributed by atoms with Crippen LogP contribution in [0.5, 0.6) is 0 Å². The summed E-state index contributed by atoms with van der Waals surface area (Å²) < 4.78 is 20.2. The van der Waals surface area contributed by atoms with Crippen LogP contribution in [0.15, 0.2) is 0 Å². The molecule has 6 nitrogen and oxygen atoms in total. The normalized spacial score (nSPS) is 10.4. The summed E-state index contributed by atoms with van der Waals surface area (Å²) in [5.41, 5.74) is 0. The van der Waals surface area contributed by atoms with Gasteiger partial charge in [-0.15, -0.1) is 0 Å². The minimum atomic E-state index is -0.136. The van der Waals surface area contributed by atoms with Gasteiger partial charge in [-0.3, -0.25) is 4.79 Å². The average molecular weight is 235 g/mol. The Balaban J connectivity index is 2.96. The fourth-order valence-corrected chi connectivity index (χ4v) is 0.819. The third-order valence-electron chi connectivity index (χ3n) is 1.69. The summed E-state index contributed by atoms with van der Waals surface area (Å²) in [6.07, 6.45) is 0. The van der Waals surface area contributed by atoms with E-state index in [1.54, 1.807) is 14.2 Å². The van der Waals surface area contributed by atoms with Crippen LogP contribution >= 0.6 is 0 Å². The lowest BCUT2D eigenvalue weighted by Crippen LogP contribution is -2.24. The smallest absolute Gasteiger partial charge is 0.245 e. The van der Waals surface area contributed by atoms with Crippen LogP contribution in [0.2, 0.25) is 0 Å². The minimum Gasteiger partial charge on any atom is -0.382 e. The third-order valence-corrected chi connectivity index (χ3v) is 1.69. The van der Waals surface area contributed by atoms with Crippen LogP contribution in [-0.4, -0.2) is 66.3 Å². The maximum Gasteiger partial charge on any atom is 0.245 e. The van der Waals surface area contributed by atoms with E-state index in [9.17, 15) is 4.79 Å². The van der Waals surface area contributed by atoms with Crippen molar-refractivity contribution < 1.29 is 23.7 Å². The summed E-state index contributed by atoms with van der Waals surface area (Å²) in [6.45, 7) is 3.18. The molecule has 0 heterocycles. The molecule has 0 bridgehead atoms. The van der Waals surface area contributed by atoms with E-state index in [1.165, 1.54) is 0 Å². The monoisotopic (exact) mass is 235 g/mol. The van der Waals surface area contributed by atoms with Gasteiger partial charge in [0.15, 0.2) is 0 Å². The predicted octanol–water partition coefficient (Wildman–Crippen LogP) is -0.571. The number of amides is 1. The summed E-state index contributed by atoms with van der Waals surface area (Å²) in [6, 6.07) is 0. The molecule has 6 heteroatoms. The topological polar surface area (TPSA) is 66.0 Å². The first-order chi connectivity index (χ1) is 7.81. The van der Waals surface area contributed by atoms with Crippen molar-refractivity contribution in [1.29, 1.82) is 0 Å². The fourth-order valence-electron chi connectivity index (χ4n) is 0.819. The summed E-state index contributed by atoms with van der Waals surface area (Å²) >= 11 is 0. The van der Waals surface area contributed by atoms with Crippen LogP contribution in [0.3, 0.4) is 0 Å². The van der Waals surface area contributed by atoms with Gasteiger partial charge in [-0.25, -0.2) is 0 Å². The second kappa shape index (κ2) is 12.4. The Morgan fingerprint density at radius 1 is 0.938 bits per heavy atom. The molecule has 16 heavy (non-hydrogen) atoms. The Hall–Kier alpha value is -0.690. The molecule has 0 atom stereocenters. The lowest BCUT2D eigenvalue weighted by molar-refractivity contribution is -0.125. The van der Waals surface area contributed by atoms with Crippen LogP contribution in [-0.2, 0) is 23.7 Å². The van der Waals surface area contributed by atoms with Crippen LogP contribution in [0.4, 0.5) is 0 Å². The maximum absolute atomic E-state index is 10.7. The zero-order chi connectivity index (χ0) is 12.1. The summed E-state index contributed by atoms with van der Waals surface area (Å²) in [5.74, 6) is -0.136. The van der Waals surface area contributed by atoms with Gasteiger partial charge >= 0.3 is 0 Å². The van der Waals surface area contributed by atoms with E-state index in [4.69, 9.17) is 18.9 Å². The van der Waals surface area contributed by atoms with Gasteiger partial charge in [-0.1, -0.05) is 0 Å². The van der Waals surface area contributed by atoms with Crippen molar-refractivity contribution >= 4 is 5.91 Å². The van der Waals surface area contributed by atoms with Gasteiger partial charge < -0.3 is 24.3 Å². The molecule has 0 rings (SSSR count). The molecule has 0 aliphatic carbocycles. The Morgan fingerprint density at radius 3 is 1.94 bits per heavy atom. The average Bonchev–Trinajstić information content (AvgIpc) is 2.31. The maximum atomic E-state index is 10.7. The van der Waals surface area contributed by atoms with E-state index in [-0.39, 0.29) is 12.5 Å². The van der Waals surface area contributed by atoms with E-state index in [2.05, 4.69) is 5.32 Å². The molecule has 0 saturated carbocycles. The molecule has 1 N–H and O–H groups in total.